The van der Waals surface area contributed by atoms with E-state index in [4.69, 9.17) is 5.73 Å². The molecule has 1 aromatic heterocycles. The van der Waals surface area contributed by atoms with Gasteiger partial charge in [-0.15, -0.1) is 0 Å². The summed E-state index contributed by atoms with van der Waals surface area (Å²) < 4.78 is 15.2. The maximum atomic E-state index is 13.9. The lowest BCUT2D eigenvalue weighted by Gasteiger charge is -2.11. The average Bonchev–Trinajstić information content (AvgIpc) is 2.91. The van der Waals surface area contributed by atoms with E-state index in [1.165, 1.54) is 29.5 Å². The summed E-state index contributed by atoms with van der Waals surface area (Å²) in [6, 6.07) is 3.72. The molecular weight excluding hydrogens is 249 g/mol. The first-order valence-electron chi connectivity index (χ1n) is 5.82. The molecule has 3 N–H and O–H groups in total. The molecule has 6 nitrogen and oxygen atoms in total. The van der Waals surface area contributed by atoms with Gasteiger partial charge in [0.05, 0.1) is 6.04 Å². The Morgan fingerprint density at radius 2 is 2.37 bits per heavy atom. The first kappa shape index (κ1) is 13.2. The van der Waals surface area contributed by atoms with Crippen molar-refractivity contribution in [2.45, 2.75) is 19.4 Å². The van der Waals surface area contributed by atoms with Crippen molar-refractivity contribution in [3.8, 4) is 5.69 Å². The molecule has 100 valence electrons. The summed E-state index contributed by atoms with van der Waals surface area (Å²) >= 11 is 0. The predicted molar refractivity (Wildman–Crippen MR) is 68.2 cm³/mol. The zero-order valence-corrected chi connectivity index (χ0v) is 10.4. The molecule has 19 heavy (non-hydrogen) atoms. The van der Waals surface area contributed by atoms with Crippen LogP contribution in [0.4, 0.5) is 10.1 Å². The van der Waals surface area contributed by atoms with Gasteiger partial charge < -0.3 is 11.1 Å². The van der Waals surface area contributed by atoms with Crippen molar-refractivity contribution in [2.75, 3.05) is 5.32 Å². The van der Waals surface area contributed by atoms with Crippen molar-refractivity contribution < 1.29 is 9.18 Å². The summed E-state index contributed by atoms with van der Waals surface area (Å²) in [6.45, 7) is 1.80. The van der Waals surface area contributed by atoms with Crippen LogP contribution in [-0.4, -0.2) is 26.7 Å². The number of aromatic nitrogens is 3. The lowest BCUT2D eigenvalue weighted by molar-refractivity contribution is -0.117. The average molecular weight is 263 g/mol. The second kappa shape index (κ2) is 5.57. The quantitative estimate of drug-likeness (QED) is 0.864. The summed E-state index contributed by atoms with van der Waals surface area (Å²) in [6.07, 6.45) is 3.23. The van der Waals surface area contributed by atoms with Gasteiger partial charge >= 0.3 is 0 Å². The number of nitrogens with two attached hydrogens (primary N) is 1. The van der Waals surface area contributed by atoms with Crippen LogP contribution in [0.1, 0.15) is 13.3 Å². The molecule has 1 atom stereocenters. The van der Waals surface area contributed by atoms with E-state index < -0.39 is 11.9 Å². The van der Waals surface area contributed by atoms with Gasteiger partial charge in [0.15, 0.2) is 5.82 Å². The number of carbonyl (C=O) groups is 1. The largest absolute Gasteiger partial charge is 0.325 e. The molecule has 2 aromatic rings. The van der Waals surface area contributed by atoms with Crippen LogP contribution in [0, 0.1) is 5.82 Å². The third-order valence-electron chi connectivity index (χ3n) is 2.66. The molecule has 0 spiro atoms. The molecule has 0 aliphatic carbocycles. The Kier molecular flexibility index (Phi) is 3.86. The van der Waals surface area contributed by atoms with Gasteiger partial charge in [-0.1, -0.05) is 6.92 Å². The lowest BCUT2D eigenvalue weighted by atomic mass is 10.2. The summed E-state index contributed by atoms with van der Waals surface area (Å²) in [5.41, 5.74) is 6.20. The molecule has 0 saturated heterocycles. The maximum absolute atomic E-state index is 13.9. The van der Waals surface area contributed by atoms with Crippen molar-refractivity contribution in [3.63, 3.8) is 0 Å². The Labute approximate surface area is 109 Å². The van der Waals surface area contributed by atoms with Crippen molar-refractivity contribution in [3.05, 3.63) is 36.7 Å². The fourth-order valence-electron chi connectivity index (χ4n) is 1.52. The Balaban J connectivity index is 2.18. The van der Waals surface area contributed by atoms with Crippen LogP contribution in [0.2, 0.25) is 0 Å². The van der Waals surface area contributed by atoms with Gasteiger partial charge in [-0.2, -0.15) is 5.10 Å². The summed E-state index contributed by atoms with van der Waals surface area (Å²) in [7, 11) is 0. The van der Waals surface area contributed by atoms with E-state index in [0.717, 1.165) is 0 Å². The number of hydrogen-bond donors (Lipinski definition) is 2. The first-order valence-corrected chi connectivity index (χ1v) is 5.82. The van der Waals surface area contributed by atoms with Gasteiger partial charge in [0.2, 0.25) is 5.91 Å². The number of hydrogen-bond acceptors (Lipinski definition) is 4. The number of rotatable bonds is 4. The van der Waals surface area contributed by atoms with Gasteiger partial charge in [-0.3, -0.25) is 4.79 Å². The third-order valence-corrected chi connectivity index (χ3v) is 2.66. The second-order valence-corrected chi connectivity index (χ2v) is 4.01. The van der Waals surface area contributed by atoms with Crippen molar-refractivity contribution in [1.82, 2.24) is 14.8 Å². The number of amides is 1. The van der Waals surface area contributed by atoms with Crippen LogP contribution in [-0.2, 0) is 4.79 Å². The van der Waals surface area contributed by atoms with Crippen LogP contribution in [0.15, 0.2) is 30.9 Å². The minimum atomic E-state index is -0.599. The number of nitrogens with zero attached hydrogens (tertiary/aromatic N) is 3. The fourth-order valence-corrected chi connectivity index (χ4v) is 1.52. The molecule has 0 aliphatic rings. The minimum Gasteiger partial charge on any atom is -0.325 e. The number of carbonyl (C=O) groups excluding carboxylic acids is 1. The number of nitrogens with one attached hydrogen (secondary N) is 1. The summed E-state index contributed by atoms with van der Waals surface area (Å²) in [5.74, 6) is -0.844. The van der Waals surface area contributed by atoms with Gasteiger partial charge in [-0.05, 0) is 24.6 Å². The van der Waals surface area contributed by atoms with E-state index in [1.807, 2.05) is 0 Å². The molecule has 0 aliphatic heterocycles. The van der Waals surface area contributed by atoms with Crippen LogP contribution >= 0.6 is 0 Å². The molecule has 0 fully saturated rings. The van der Waals surface area contributed by atoms with Gasteiger partial charge in [0, 0.05) is 5.69 Å². The van der Waals surface area contributed by atoms with Crippen LogP contribution in [0.5, 0.6) is 0 Å². The highest BCUT2D eigenvalue weighted by Crippen LogP contribution is 2.17. The summed E-state index contributed by atoms with van der Waals surface area (Å²) in [5, 5.41) is 6.39. The van der Waals surface area contributed by atoms with E-state index in [1.54, 1.807) is 13.0 Å². The molecule has 1 aromatic carbocycles. The topological polar surface area (TPSA) is 85.8 Å². The van der Waals surface area contributed by atoms with Crippen LogP contribution < -0.4 is 11.1 Å². The monoisotopic (exact) mass is 263 g/mol. The fraction of sp³-hybridized carbons (Fsp3) is 0.250. The van der Waals surface area contributed by atoms with Gasteiger partial charge in [-0.25, -0.2) is 14.1 Å². The van der Waals surface area contributed by atoms with Crippen molar-refractivity contribution in [1.29, 1.82) is 0 Å². The highest BCUT2D eigenvalue weighted by Gasteiger charge is 2.12. The molecule has 1 amide bonds. The maximum Gasteiger partial charge on any atom is 0.241 e. The van der Waals surface area contributed by atoms with E-state index in [2.05, 4.69) is 15.4 Å². The van der Waals surface area contributed by atoms with Crippen LogP contribution in [0.25, 0.3) is 5.69 Å². The predicted octanol–water partition coefficient (Wildman–Crippen LogP) is 1.08. The van der Waals surface area contributed by atoms with E-state index in [0.29, 0.717) is 12.1 Å². The first-order chi connectivity index (χ1) is 9.11. The second-order valence-electron chi connectivity index (χ2n) is 4.01. The zero-order chi connectivity index (χ0) is 13.8. The molecule has 1 heterocycles. The molecule has 2 rings (SSSR count). The Morgan fingerprint density at radius 3 is 2.95 bits per heavy atom. The Hall–Kier alpha value is -2.28. The summed E-state index contributed by atoms with van der Waals surface area (Å²) in [4.78, 5) is 15.3. The highest BCUT2D eigenvalue weighted by atomic mass is 19.1. The lowest BCUT2D eigenvalue weighted by Crippen LogP contribution is -2.34. The SMILES string of the molecule is CC[C@H](N)C(=O)Nc1ccc(-n2cncn2)c(F)c1. The van der Waals surface area contributed by atoms with E-state index >= 15 is 0 Å². The van der Waals surface area contributed by atoms with Gasteiger partial charge in [0.25, 0.3) is 0 Å². The number of halogens is 1. The number of benzene rings is 1. The molecule has 0 unspecified atom stereocenters. The molecule has 7 heteroatoms. The Bertz CT molecular complexity index is 570. The number of anilines is 1. The van der Waals surface area contributed by atoms with Crippen LogP contribution in [0.3, 0.4) is 0 Å². The van der Waals surface area contributed by atoms with E-state index in [-0.39, 0.29) is 11.6 Å². The normalized spacial score (nSPS) is 12.2. The molecular formula is C12H14FN5O. The van der Waals surface area contributed by atoms with Crippen molar-refractivity contribution >= 4 is 11.6 Å². The minimum absolute atomic E-state index is 0.260. The smallest absolute Gasteiger partial charge is 0.241 e. The molecule has 0 bridgehead atoms. The standard InChI is InChI=1S/C12H14FN5O/c1-2-10(14)12(19)17-8-3-4-11(9(13)5-8)18-7-15-6-16-18/h3-7,10H,2,14H2,1H3,(H,17,19)/t10-/m0/s1. The van der Waals surface area contributed by atoms with Gasteiger partial charge in [0.1, 0.15) is 18.3 Å². The zero-order valence-electron chi connectivity index (χ0n) is 10.4. The van der Waals surface area contributed by atoms with E-state index in [9.17, 15) is 9.18 Å². The molecule has 0 saturated carbocycles. The highest BCUT2D eigenvalue weighted by molar-refractivity contribution is 5.94. The Morgan fingerprint density at radius 1 is 1.58 bits per heavy atom. The van der Waals surface area contributed by atoms with Crippen molar-refractivity contribution in [2.24, 2.45) is 5.73 Å². The molecule has 0 radical (unpaired) electrons. The third kappa shape index (κ3) is 2.94.